The smallest absolute Gasteiger partial charge is 0.255 e. The largest absolute Gasteiger partial charge is 0.466 e. The van der Waals surface area contributed by atoms with Crippen molar-refractivity contribution in [1.82, 2.24) is 19.9 Å². The molecule has 0 aliphatic heterocycles. The topological polar surface area (TPSA) is 72.4 Å². The lowest BCUT2D eigenvalue weighted by atomic mass is 10.2. The summed E-state index contributed by atoms with van der Waals surface area (Å²) in [6, 6.07) is 7.14. The molecule has 3 heterocycles. The quantitative estimate of drug-likeness (QED) is 0.801. The highest BCUT2D eigenvalue weighted by Gasteiger charge is 2.19. The van der Waals surface area contributed by atoms with Crippen LogP contribution in [-0.4, -0.2) is 20.5 Å². The van der Waals surface area contributed by atoms with E-state index >= 15 is 0 Å². The number of carbonyl (C=O) groups excluding carboxylic acids is 1. The molecule has 3 rings (SSSR count). The van der Waals surface area contributed by atoms with Gasteiger partial charge >= 0.3 is 0 Å². The number of carbonyl (C=O) groups is 1. The Hall–Kier alpha value is -2.63. The predicted molar refractivity (Wildman–Crippen MR) is 77.1 cm³/mol. The van der Waals surface area contributed by atoms with Crippen molar-refractivity contribution in [3.63, 3.8) is 0 Å². The zero-order valence-corrected chi connectivity index (χ0v) is 12.1. The van der Waals surface area contributed by atoms with Crippen LogP contribution < -0.4 is 5.32 Å². The van der Waals surface area contributed by atoms with Gasteiger partial charge in [-0.15, -0.1) is 10.2 Å². The Bertz CT molecular complexity index is 803. The normalized spacial score (nSPS) is 12.5. The number of nitrogens with one attached hydrogen (secondary N) is 1. The lowest BCUT2D eigenvalue weighted by molar-refractivity contribution is 0.0936. The third kappa shape index (κ3) is 2.40. The van der Waals surface area contributed by atoms with Crippen LogP contribution in [0.25, 0.3) is 5.65 Å². The number of amides is 1. The molecule has 3 aromatic heterocycles. The third-order valence-electron chi connectivity index (χ3n) is 3.36. The molecular formula is C15H16N4O2. The van der Waals surface area contributed by atoms with Gasteiger partial charge in [-0.3, -0.25) is 9.20 Å². The lowest BCUT2D eigenvalue weighted by Gasteiger charge is -2.11. The Labute approximate surface area is 121 Å². The summed E-state index contributed by atoms with van der Waals surface area (Å²) in [4.78, 5) is 12.3. The molecule has 0 aliphatic rings. The maximum atomic E-state index is 12.3. The van der Waals surface area contributed by atoms with Gasteiger partial charge in [-0.1, -0.05) is 6.07 Å². The monoisotopic (exact) mass is 284 g/mol. The second-order valence-corrected chi connectivity index (χ2v) is 5.01. The van der Waals surface area contributed by atoms with Crippen molar-refractivity contribution in [2.45, 2.75) is 26.8 Å². The second kappa shape index (κ2) is 5.05. The Kier molecular flexibility index (Phi) is 3.21. The SMILES string of the molecule is Cc1cc(C(=O)NC(C)c2nnc3ccccn23)c(C)o1. The lowest BCUT2D eigenvalue weighted by Crippen LogP contribution is -2.28. The van der Waals surface area contributed by atoms with Gasteiger partial charge < -0.3 is 9.73 Å². The molecule has 1 amide bonds. The van der Waals surface area contributed by atoms with E-state index in [2.05, 4.69) is 15.5 Å². The third-order valence-corrected chi connectivity index (χ3v) is 3.36. The Balaban J connectivity index is 1.84. The molecule has 0 saturated carbocycles. The molecule has 0 aliphatic carbocycles. The molecule has 6 heteroatoms. The van der Waals surface area contributed by atoms with Gasteiger partial charge in [-0.05, 0) is 39.0 Å². The molecular weight excluding hydrogens is 268 g/mol. The fourth-order valence-electron chi connectivity index (χ4n) is 2.35. The first-order valence-electron chi connectivity index (χ1n) is 6.74. The highest BCUT2D eigenvalue weighted by atomic mass is 16.3. The number of furan rings is 1. The van der Waals surface area contributed by atoms with Crippen LogP contribution in [0.1, 0.15) is 40.7 Å². The predicted octanol–water partition coefficient (Wildman–Crippen LogP) is 2.43. The standard InChI is InChI=1S/C15H16N4O2/c1-9-8-12(11(3)21-9)15(20)16-10(2)14-18-17-13-6-4-5-7-19(13)14/h4-8,10H,1-3H3,(H,16,20). The maximum absolute atomic E-state index is 12.3. The average Bonchev–Trinajstić information content (AvgIpc) is 3.01. The molecule has 21 heavy (non-hydrogen) atoms. The Morgan fingerprint density at radius 2 is 2.14 bits per heavy atom. The van der Waals surface area contributed by atoms with Crippen LogP contribution >= 0.6 is 0 Å². The molecule has 108 valence electrons. The molecule has 0 saturated heterocycles. The molecule has 0 bridgehead atoms. The van der Waals surface area contributed by atoms with Crippen LogP contribution in [0, 0.1) is 13.8 Å². The van der Waals surface area contributed by atoms with E-state index in [-0.39, 0.29) is 11.9 Å². The molecule has 0 fully saturated rings. The van der Waals surface area contributed by atoms with Crippen molar-refractivity contribution < 1.29 is 9.21 Å². The van der Waals surface area contributed by atoms with Crippen LogP contribution in [0.15, 0.2) is 34.9 Å². The first-order chi connectivity index (χ1) is 10.1. The fourth-order valence-corrected chi connectivity index (χ4v) is 2.35. The number of hydrogen-bond donors (Lipinski definition) is 1. The van der Waals surface area contributed by atoms with Crippen molar-refractivity contribution in [2.75, 3.05) is 0 Å². The number of aryl methyl sites for hydroxylation is 2. The molecule has 6 nitrogen and oxygen atoms in total. The molecule has 1 N–H and O–H groups in total. The van der Waals surface area contributed by atoms with E-state index in [0.29, 0.717) is 17.1 Å². The van der Waals surface area contributed by atoms with Crippen LogP contribution in [-0.2, 0) is 0 Å². The second-order valence-electron chi connectivity index (χ2n) is 5.01. The number of pyridine rings is 1. The summed E-state index contributed by atoms with van der Waals surface area (Å²) in [7, 11) is 0. The van der Waals surface area contributed by atoms with Gasteiger partial charge in [0, 0.05) is 6.20 Å². The zero-order chi connectivity index (χ0) is 15.0. The van der Waals surface area contributed by atoms with Gasteiger partial charge in [0.15, 0.2) is 11.5 Å². The van der Waals surface area contributed by atoms with Gasteiger partial charge in [0.1, 0.15) is 11.5 Å². The van der Waals surface area contributed by atoms with Crippen molar-refractivity contribution in [2.24, 2.45) is 0 Å². The summed E-state index contributed by atoms with van der Waals surface area (Å²) in [5.41, 5.74) is 1.30. The minimum absolute atomic E-state index is 0.176. The van der Waals surface area contributed by atoms with Gasteiger partial charge in [0.05, 0.1) is 11.6 Å². The first kappa shape index (κ1) is 13.4. The number of rotatable bonds is 3. The Morgan fingerprint density at radius 3 is 2.86 bits per heavy atom. The number of nitrogens with zero attached hydrogens (tertiary/aromatic N) is 3. The summed E-state index contributed by atoms with van der Waals surface area (Å²) < 4.78 is 7.24. The van der Waals surface area contributed by atoms with E-state index in [1.165, 1.54) is 0 Å². The van der Waals surface area contributed by atoms with E-state index in [0.717, 1.165) is 11.4 Å². The van der Waals surface area contributed by atoms with Crippen molar-refractivity contribution >= 4 is 11.6 Å². The van der Waals surface area contributed by atoms with Crippen LogP contribution in [0.2, 0.25) is 0 Å². The molecule has 1 atom stereocenters. The Morgan fingerprint density at radius 1 is 1.33 bits per heavy atom. The van der Waals surface area contributed by atoms with E-state index in [1.54, 1.807) is 13.0 Å². The van der Waals surface area contributed by atoms with Gasteiger partial charge in [-0.2, -0.15) is 0 Å². The van der Waals surface area contributed by atoms with E-state index in [1.807, 2.05) is 42.6 Å². The highest BCUT2D eigenvalue weighted by Crippen LogP contribution is 2.16. The summed E-state index contributed by atoms with van der Waals surface area (Å²) >= 11 is 0. The zero-order valence-electron chi connectivity index (χ0n) is 12.1. The van der Waals surface area contributed by atoms with Gasteiger partial charge in [0.2, 0.25) is 0 Å². The molecule has 0 aromatic carbocycles. The highest BCUT2D eigenvalue weighted by molar-refractivity contribution is 5.95. The average molecular weight is 284 g/mol. The van der Waals surface area contributed by atoms with E-state index < -0.39 is 0 Å². The van der Waals surface area contributed by atoms with Crippen molar-refractivity contribution in [3.05, 3.63) is 53.4 Å². The molecule has 0 spiro atoms. The number of fused-ring (bicyclic) bond motifs is 1. The van der Waals surface area contributed by atoms with Gasteiger partial charge in [0.25, 0.3) is 5.91 Å². The summed E-state index contributed by atoms with van der Waals surface area (Å²) in [6.07, 6.45) is 1.88. The summed E-state index contributed by atoms with van der Waals surface area (Å²) in [5, 5.41) is 11.2. The van der Waals surface area contributed by atoms with Crippen molar-refractivity contribution in [1.29, 1.82) is 0 Å². The number of hydrogen-bond acceptors (Lipinski definition) is 4. The minimum Gasteiger partial charge on any atom is -0.466 e. The molecule has 1 unspecified atom stereocenters. The van der Waals surface area contributed by atoms with Crippen LogP contribution in [0.5, 0.6) is 0 Å². The maximum Gasteiger partial charge on any atom is 0.255 e. The molecule has 0 radical (unpaired) electrons. The van der Waals surface area contributed by atoms with Crippen molar-refractivity contribution in [3.8, 4) is 0 Å². The minimum atomic E-state index is -0.260. The summed E-state index contributed by atoms with van der Waals surface area (Å²) in [6.45, 7) is 5.47. The van der Waals surface area contributed by atoms with Gasteiger partial charge in [-0.25, -0.2) is 0 Å². The summed E-state index contributed by atoms with van der Waals surface area (Å²) in [5.74, 6) is 1.85. The van der Waals surface area contributed by atoms with Crippen LogP contribution in [0.3, 0.4) is 0 Å². The first-order valence-corrected chi connectivity index (χ1v) is 6.74. The molecule has 3 aromatic rings. The van der Waals surface area contributed by atoms with Crippen LogP contribution in [0.4, 0.5) is 0 Å². The fraction of sp³-hybridized carbons (Fsp3) is 0.267. The number of aromatic nitrogens is 3. The van der Waals surface area contributed by atoms with E-state index in [9.17, 15) is 4.79 Å². The van der Waals surface area contributed by atoms with E-state index in [4.69, 9.17) is 4.42 Å².